The van der Waals surface area contributed by atoms with Crippen molar-refractivity contribution in [2.45, 2.75) is 12.8 Å². The maximum Gasteiger partial charge on any atom is 0.209 e. The SMILES string of the molecule is Cc1ccc(C(=O)c2ccc(C(c3ccc[nH]3)c3c(F)c(F)c(F)c(F)c3F)[nH]2)cc1. The molecule has 0 fully saturated rings. The van der Waals surface area contributed by atoms with Crippen LogP contribution in [-0.2, 0) is 0 Å². The van der Waals surface area contributed by atoms with Crippen LogP contribution in [0, 0.1) is 36.0 Å². The van der Waals surface area contributed by atoms with Gasteiger partial charge < -0.3 is 9.97 Å². The number of nitrogens with one attached hydrogen (secondary N) is 2. The van der Waals surface area contributed by atoms with Gasteiger partial charge in [0.25, 0.3) is 0 Å². The first kappa shape index (κ1) is 20.6. The van der Waals surface area contributed by atoms with Crippen molar-refractivity contribution in [2.75, 3.05) is 0 Å². The molecule has 1 unspecified atom stereocenters. The van der Waals surface area contributed by atoms with Crippen molar-refractivity contribution in [3.05, 3.63) is 118 Å². The molecular formula is C23H15F5N2O. The van der Waals surface area contributed by atoms with E-state index in [-0.39, 0.29) is 22.9 Å². The zero-order chi connectivity index (χ0) is 22.3. The Morgan fingerprint density at radius 3 is 1.97 bits per heavy atom. The normalized spacial score (nSPS) is 12.2. The van der Waals surface area contributed by atoms with Gasteiger partial charge in [-0.05, 0) is 31.2 Å². The molecule has 2 aromatic heterocycles. The number of rotatable bonds is 5. The van der Waals surface area contributed by atoms with E-state index in [2.05, 4.69) is 9.97 Å². The van der Waals surface area contributed by atoms with Gasteiger partial charge in [-0.3, -0.25) is 4.79 Å². The van der Waals surface area contributed by atoms with Gasteiger partial charge in [0, 0.05) is 28.7 Å². The Balaban J connectivity index is 1.84. The second kappa shape index (κ2) is 7.86. The van der Waals surface area contributed by atoms with Crippen LogP contribution in [0.5, 0.6) is 0 Å². The molecule has 0 aliphatic carbocycles. The van der Waals surface area contributed by atoms with Gasteiger partial charge in [0.2, 0.25) is 11.6 Å². The highest BCUT2D eigenvalue weighted by Gasteiger charge is 2.33. The van der Waals surface area contributed by atoms with Crippen LogP contribution >= 0.6 is 0 Å². The lowest BCUT2D eigenvalue weighted by atomic mass is 9.91. The van der Waals surface area contributed by atoms with E-state index in [1.165, 1.54) is 30.5 Å². The summed E-state index contributed by atoms with van der Waals surface area (Å²) >= 11 is 0. The minimum Gasteiger partial charge on any atom is -0.364 e. The molecule has 4 rings (SSSR count). The highest BCUT2D eigenvalue weighted by molar-refractivity contribution is 6.07. The molecule has 0 saturated heterocycles. The van der Waals surface area contributed by atoms with E-state index in [1.54, 1.807) is 24.3 Å². The first-order valence-corrected chi connectivity index (χ1v) is 9.24. The van der Waals surface area contributed by atoms with E-state index in [4.69, 9.17) is 0 Å². The molecule has 2 heterocycles. The van der Waals surface area contributed by atoms with Crippen molar-refractivity contribution in [3.8, 4) is 0 Å². The standard InChI is InChI=1S/C23H15F5N2O/c1-11-4-6-12(7-5-11)23(31)15-9-8-14(30-15)16(13-3-2-10-29-13)17-18(24)20(26)22(28)21(27)19(17)25/h2-10,16,29-30H,1H3. The van der Waals surface area contributed by atoms with E-state index in [9.17, 15) is 26.7 Å². The first-order chi connectivity index (χ1) is 14.8. The molecule has 2 N–H and O–H groups in total. The van der Waals surface area contributed by atoms with Crippen LogP contribution in [0.2, 0.25) is 0 Å². The molecule has 31 heavy (non-hydrogen) atoms. The molecular weight excluding hydrogens is 415 g/mol. The van der Waals surface area contributed by atoms with Crippen molar-refractivity contribution in [1.82, 2.24) is 9.97 Å². The van der Waals surface area contributed by atoms with Crippen molar-refractivity contribution in [2.24, 2.45) is 0 Å². The number of H-pyrrole nitrogens is 2. The zero-order valence-electron chi connectivity index (χ0n) is 16.1. The number of aryl methyl sites for hydroxylation is 1. The molecule has 0 saturated carbocycles. The highest BCUT2D eigenvalue weighted by atomic mass is 19.2. The topological polar surface area (TPSA) is 48.6 Å². The molecule has 4 aromatic rings. The number of hydrogen-bond donors (Lipinski definition) is 2. The number of carbonyl (C=O) groups excluding carboxylic acids is 1. The lowest BCUT2D eigenvalue weighted by molar-refractivity contribution is 0.103. The van der Waals surface area contributed by atoms with Crippen molar-refractivity contribution < 1.29 is 26.7 Å². The van der Waals surface area contributed by atoms with Gasteiger partial charge in [-0.2, -0.15) is 0 Å². The second-order valence-electron chi connectivity index (χ2n) is 7.06. The minimum atomic E-state index is -2.23. The van der Waals surface area contributed by atoms with E-state index in [0.717, 1.165) is 5.56 Å². The van der Waals surface area contributed by atoms with Crippen LogP contribution in [0.3, 0.4) is 0 Å². The first-order valence-electron chi connectivity index (χ1n) is 9.24. The Hall–Kier alpha value is -3.68. The molecule has 8 heteroatoms. The zero-order valence-corrected chi connectivity index (χ0v) is 16.1. The Morgan fingerprint density at radius 1 is 0.774 bits per heavy atom. The lowest BCUT2D eigenvalue weighted by Crippen LogP contribution is -2.15. The molecule has 0 radical (unpaired) electrons. The van der Waals surface area contributed by atoms with Crippen LogP contribution in [0.15, 0.2) is 54.7 Å². The largest absolute Gasteiger partial charge is 0.364 e. The quantitative estimate of drug-likeness (QED) is 0.180. The lowest BCUT2D eigenvalue weighted by Gasteiger charge is -2.18. The van der Waals surface area contributed by atoms with Crippen molar-refractivity contribution >= 4 is 5.78 Å². The number of aromatic amines is 2. The molecule has 1 atom stereocenters. The summed E-state index contributed by atoms with van der Waals surface area (Å²) in [5.74, 6) is -11.9. The third-order valence-corrected chi connectivity index (χ3v) is 5.04. The smallest absolute Gasteiger partial charge is 0.209 e. The average Bonchev–Trinajstić information content (AvgIpc) is 3.46. The van der Waals surface area contributed by atoms with Crippen molar-refractivity contribution in [1.29, 1.82) is 0 Å². The van der Waals surface area contributed by atoms with E-state index < -0.39 is 40.6 Å². The molecule has 0 bridgehead atoms. The number of hydrogen-bond acceptors (Lipinski definition) is 1. The van der Waals surface area contributed by atoms with Gasteiger partial charge in [0.15, 0.2) is 23.3 Å². The molecule has 3 nitrogen and oxygen atoms in total. The summed E-state index contributed by atoms with van der Waals surface area (Å²) in [6.45, 7) is 1.87. The monoisotopic (exact) mass is 430 g/mol. The molecule has 0 amide bonds. The number of carbonyl (C=O) groups is 1. The van der Waals surface area contributed by atoms with Crippen LogP contribution in [-0.4, -0.2) is 15.8 Å². The maximum atomic E-state index is 14.6. The fraction of sp³-hybridized carbons (Fsp3) is 0.0870. The number of halogens is 5. The molecule has 0 aliphatic rings. The summed E-state index contributed by atoms with van der Waals surface area (Å²) in [5.41, 5.74) is 0.698. The van der Waals surface area contributed by atoms with Crippen LogP contribution in [0.25, 0.3) is 0 Å². The van der Waals surface area contributed by atoms with Gasteiger partial charge in [-0.25, -0.2) is 22.0 Å². The minimum absolute atomic E-state index is 0.0844. The van der Waals surface area contributed by atoms with E-state index in [1.807, 2.05) is 6.92 Å². The maximum absolute atomic E-state index is 14.6. The summed E-state index contributed by atoms with van der Waals surface area (Å²) in [6, 6.07) is 12.5. The summed E-state index contributed by atoms with van der Waals surface area (Å²) in [6.07, 6.45) is 1.45. The summed E-state index contributed by atoms with van der Waals surface area (Å²) in [7, 11) is 0. The Bertz CT molecular complexity index is 1230. The Morgan fingerprint density at radius 2 is 1.39 bits per heavy atom. The summed E-state index contributed by atoms with van der Waals surface area (Å²) in [5, 5.41) is 0. The van der Waals surface area contributed by atoms with Crippen LogP contribution in [0.4, 0.5) is 22.0 Å². The predicted molar refractivity (Wildman–Crippen MR) is 103 cm³/mol. The molecule has 0 aliphatic heterocycles. The van der Waals surface area contributed by atoms with Gasteiger partial charge in [0.05, 0.1) is 11.6 Å². The van der Waals surface area contributed by atoms with Crippen LogP contribution < -0.4 is 0 Å². The number of aromatic nitrogens is 2. The fourth-order valence-corrected chi connectivity index (χ4v) is 3.45. The molecule has 2 aromatic carbocycles. The average molecular weight is 430 g/mol. The predicted octanol–water partition coefficient (Wildman–Crippen LogP) is 5.76. The van der Waals surface area contributed by atoms with Gasteiger partial charge in [-0.15, -0.1) is 0 Å². The van der Waals surface area contributed by atoms with E-state index in [0.29, 0.717) is 5.56 Å². The van der Waals surface area contributed by atoms with Gasteiger partial charge in [-0.1, -0.05) is 29.8 Å². The number of ketones is 1. The van der Waals surface area contributed by atoms with Gasteiger partial charge >= 0.3 is 0 Å². The van der Waals surface area contributed by atoms with Crippen molar-refractivity contribution in [3.63, 3.8) is 0 Å². The van der Waals surface area contributed by atoms with E-state index >= 15 is 0 Å². The molecule has 158 valence electrons. The van der Waals surface area contributed by atoms with Gasteiger partial charge in [0.1, 0.15) is 0 Å². The Labute approximate surface area is 173 Å². The second-order valence-corrected chi connectivity index (χ2v) is 7.06. The third-order valence-electron chi connectivity index (χ3n) is 5.04. The molecule has 0 spiro atoms. The summed E-state index contributed by atoms with van der Waals surface area (Å²) < 4.78 is 70.5. The third kappa shape index (κ3) is 3.54. The number of benzene rings is 2. The Kier molecular flexibility index (Phi) is 5.22. The fourth-order valence-electron chi connectivity index (χ4n) is 3.45. The summed E-state index contributed by atoms with van der Waals surface area (Å²) in [4.78, 5) is 18.3. The highest BCUT2D eigenvalue weighted by Crippen LogP contribution is 2.36. The van der Waals surface area contributed by atoms with Crippen LogP contribution in [0.1, 0.15) is 44.5 Å².